The molecule has 1 aromatic carbocycles. The number of para-hydroxylation sites is 1. The van der Waals surface area contributed by atoms with E-state index >= 15 is 0 Å². The van der Waals surface area contributed by atoms with Crippen LogP contribution in [0.2, 0.25) is 0 Å². The van der Waals surface area contributed by atoms with Crippen LogP contribution < -0.4 is 5.32 Å². The van der Waals surface area contributed by atoms with E-state index in [4.69, 9.17) is 0 Å². The van der Waals surface area contributed by atoms with E-state index in [1.807, 2.05) is 7.05 Å². The molecule has 0 radical (unpaired) electrons. The standard InChI is InChI=1S/C13H16N2/c1-10-5-4-6-11(2)13(10)15-8-7-12(9-15)14-3/h4-9,14H,1-3H3. The molecule has 2 nitrogen and oxygen atoms in total. The second-order valence-electron chi connectivity index (χ2n) is 3.80. The molecule has 1 aromatic heterocycles. The molecule has 15 heavy (non-hydrogen) atoms. The molecule has 0 unspecified atom stereocenters. The van der Waals surface area contributed by atoms with Crippen LogP contribution >= 0.6 is 0 Å². The van der Waals surface area contributed by atoms with Crippen molar-refractivity contribution in [3.8, 4) is 5.69 Å². The van der Waals surface area contributed by atoms with E-state index in [-0.39, 0.29) is 0 Å². The summed E-state index contributed by atoms with van der Waals surface area (Å²) < 4.78 is 2.16. The van der Waals surface area contributed by atoms with Crippen molar-refractivity contribution in [3.05, 3.63) is 47.8 Å². The smallest absolute Gasteiger partial charge is 0.0521 e. The van der Waals surface area contributed by atoms with Gasteiger partial charge in [0.1, 0.15) is 0 Å². The average Bonchev–Trinajstić information content (AvgIpc) is 2.66. The first kappa shape index (κ1) is 9.84. The minimum Gasteiger partial charge on any atom is -0.387 e. The molecule has 2 aromatic rings. The number of anilines is 1. The minimum atomic E-state index is 1.14. The number of nitrogens with one attached hydrogen (secondary N) is 1. The van der Waals surface area contributed by atoms with Crippen molar-refractivity contribution in [3.63, 3.8) is 0 Å². The molecule has 0 spiro atoms. The van der Waals surface area contributed by atoms with Gasteiger partial charge < -0.3 is 9.88 Å². The fraction of sp³-hybridized carbons (Fsp3) is 0.231. The van der Waals surface area contributed by atoms with Crippen LogP contribution in [0.4, 0.5) is 5.69 Å². The third-order valence-corrected chi connectivity index (χ3v) is 2.68. The van der Waals surface area contributed by atoms with Crippen molar-refractivity contribution in [1.82, 2.24) is 4.57 Å². The maximum atomic E-state index is 3.14. The van der Waals surface area contributed by atoms with Crippen LogP contribution in [0.3, 0.4) is 0 Å². The zero-order valence-corrected chi connectivity index (χ0v) is 9.41. The zero-order chi connectivity index (χ0) is 10.8. The van der Waals surface area contributed by atoms with Gasteiger partial charge in [0.15, 0.2) is 0 Å². The summed E-state index contributed by atoms with van der Waals surface area (Å²) in [6, 6.07) is 8.45. The van der Waals surface area contributed by atoms with Crippen molar-refractivity contribution in [2.75, 3.05) is 12.4 Å². The molecule has 0 aliphatic carbocycles. The molecule has 0 fully saturated rings. The second-order valence-corrected chi connectivity index (χ2v) is 3.80. The van der Waals surface area contributed by atoms with Gasteiger partial charge in [-0.05, 0) is 31.0 Å². The third-order valence-electron chi connectivity index (χ3n) is 2.68. The Hall–Kier alpha value is -1.70. The van der Waals surface area contributed by atoms with Crippen molar-refractivity contribution in [2.24, 2.45) is 0 Å². The maximum absolute atomic E-state index is 3.14. The van der Waals surface area contributed by atoms with Gasteiger partial charge in [0.2, 0.25) is 0 Å². The summed E-state index contributed by atoms with van der Waals surface area (Å²) in [4.78, 5) is 0. The highest BCUT2D eigenvalue weighted by molar-refractivity contribution is 5.51. The highest BCUT2D eigenvalue weighted by Gasteiger charge is 2.04. The van der Waals surface area contributed by atoms with Crippen molar-refractivity contribution in [1.29, 1.82) is 0 Å². The topological polar surface area (TPSA) is 17.0 Å². The van der Waals surface area contributed by atoms with Crippen LogP contribution in [0.1, 0.15) is 11.1 Å². The van der Waals surface area contributed by atoms with Crippen LogP contribution in [-0.4, -0.2) is 11.6 Å². The van der Waals surface area contributed by atoms with Crippen molar-refractivity contribution in [2.45, 2.75) is 13.8 Å². The molecule has 0 aliphatic heterocycles. The lowest BCUT2D eigenvalue weighted by Crippen LogP contribution is -1.96. The van der Waals surface area contributed by atoms with Gasteiger partial charge in [-0.3, -0.25) is 0 Å². The second kappa shape index (κ2) is 3.81. The number of aromatic nitrogens is 1. The van der Waals surface area contributed by atoms with Crippen molar-refractivity contribution >= 4 is 5.69 Å². The summed E-state index contributed by atoms with van der Waals surface area (Å²) in [6.07, 6.45) is 4.19. The first-order valence-electron chi connectivity index (χ1n) is 5.14. The Morgan fingerprint density at radius 2 is 1.73 bits per heavy atom. The highest BCUT2D eigenvalue weighted by Crippen LogP contribution is 2.20. The molecule has 0 aliphatic rings. The van der Waals surface area contributed by atoms with E-state index in [0.29, 0.717) is 0 Å². The lowest BCUT2D eigenvalue weighted by atomic mass is 10.1. The normalized spacial score (nSPS) is 10.3. The van der Waals surface area contributed by atoms with Gasteiger partial charge >= 0.3 is 0 Å². The van der Waals surface area contributed by atoms with Crippen molar-refractivity contribution < 1.29 is 0 Å². The maximum Gasteiger partial charge on any atom is 0.0521 e. The predicted octanol–water partition coefficient (Wildman–Crippen LogP) is 3.14. The van der Waals surface area contributed by atoms with Crippen LogP contribution in [0, 0.1) is 13.8 Å². The van der Waals surface area contributed by atoms with E-state index in [2.05, 4.69) is 60.4 Å². The fourth-order valence-corrected chi connectivity index (χ4v) is 1.90. The summed E-state index contributed by atoms with van der Waals surface area (Å²) in [5.41, 5.74) is 5.01. The SMILES string of the molecule is CNc1ccn(-c2c(C)cccc2C)c1. The number of hydrogen-bond acceptors (Lipinski definition) is 1. The Balaban J connectivity index is 2.53. The number of rotatable bonds is 2. The van der Waals surface area contributed by atoms with Crippen LogP contribution in [0.5, 0.6) is 0 Å². The number of benzene rings is 1. The Morgan fingerprint density at radius 1 is 1.07 bits per heavy atom. The molecule has 1 N–H and O–H groups in total. The van der Waals surface area contributed by atoms with Crippen LogP contribution in [-0.2, 0) is 0 Å². The molecule has 0 amide bonds. The molecular formula is C13H16N2. The first-order chi connectivity index (χ1) is 7.22. The minimum absolute atomic E-state index is 1.14. The van der Waals surface area contributed by atoms with Gasteiger partial charge in [-0.25, -0.2) is 0 Å². The van der Waals surface area contributed by atoms with E-state index < -0.39 is 0 Å². The van der Waals surface area contributed by atoms with E-state index in [9.17, 15) is 0 Å². The van der Waals surface area contributed by atoms with Gasteiger partial charge in [0.05, 0.1) is 11.4 Å². The zero-order valence-electron chi connectivity index (χ0n) is 9.41. The lowest BCUT2D eigenvalue weighted by molar-refractivity contribution is 1.04. The third kappa shape index (κ3) is 1.75. The quantitative estimate of drug-likeness (QED) is 0.788. The molecular weight excluding hydrogens is 184 g/mol. The van der Waals surface area contributed by atoms with Gasteiger partial charge in [-0.2, -0.15) is 0 Å². The molecule has 0 atom stereocenters. The lowest BCUT2D eigenvalue weighted by Gasteiger charge is -2.10. The predicted molar refractivity (Wildman–Crippen MR) is 64.8 cm³/mol. The summed E-state index contributed by atoms with van der Waals surface area (Å²) in [6.45, 7) is 4.28. The number of aryl methyl sites for hydroxylation is 2. The van der Waals surface area contributed by atoms with Crippen LogP contribution in [0.15, 0.2) is 36.7 Å². The molecule has 0 saturated carbocycles. The summed E-state index contributed by atoms with van der Waals surface area (Å²) >= 11 is 0. The fourth-order valence-electron chi connectivity index (χ4n) is 1.90. The molecule has 2 rings (SSSR count). The summed E-state index contributed by atoms with van der Waals surface area (Å²) in [5, 5.41) is 3.14. The number of hydrogen-bond donors (Lipinski definition) is 1. The largest absolute Gasteiger partial charge is 0.387 e. The van der Waals surface area contributed by atoms with Gasteiger partial charge in [0.25, 0.3) is 0 Å². The van der Waals surface area contributed by atoms with E-state index in [1.165, 1.54) is 16.8 Å². The Labute approximate surface area is 90.6 Å². The highest BCUT2D eigenvalue weighted by atomic mass is 15.0. The Kier molecular flexibility index (Phi) is 2.50. The number of nitrogens with zero attached hydrogens (tertiary/aromatic N) is 1. The summed E-state index contributed by atoms with van der Waals surface area (Å²) in [5.74, 6) is 0. The Bertz CT molecular complexity index is 449. The Morgan fingerprint density at radius 3 is 2.27 bits per heavy atom. The summed E-state index contributed by atoms with van der Waals surface area (Å²) in [7, 11) is 1.93. The molecule has 1 heterocycles. The van der Waals surface area contributed by atoms with Gasteiger partial charge in [0, 0.05) is 19.4 Å². The van der Waals surface area contributed by atoms with E-state index in [0.717, 1.165) is 5.69 Å². The molecule has 2 heteroatoms. The molecule has 78 valence electrons. The van der Waals surface area contributed by atoms with Gasteiger partial charge in [-0.1, -0.05) is 18.2 Å². The van der Waals surface area contributed by atoms with Crippen LogP contribution in [0.25, 0.3) is 5.69 Å². The first-order valence-corrected chi connectivity index (χ1v) is 5.14. The monoisotopic (exact) mass is 200 g/mol. The molecule has 0 bridgehead atoms. The molecule has 0 saturated heterocycles. The van der Waals surface area contributed by atoms with E-state index in [1.54, 1.807) is 0 Å². The van der Waals surface area contributed by atoms with Gasteiger partial charge in [-0.15, -0.1) is 0 Å². The average molecular weight is 200 g/mol.